The summed E-state index contributed by atoms with van der Waals surface area (Å²) in [6, 6.07) is 0. The maximum absolute atomic E-state index is 9.89. The highest BCUT2D eigenvalue weighted by molar-refractivity contribution is 4.46. The molecule has 0 aliphatic heterocycles. The number of quaternary nitrogens is 1. The third-order valence-electron chi connectivity index (χ3n) is 0.796. The Morgan fingerprint density at radius 3 is 3.00 bits per heavy atom. The molecule has 0 aromatic carbocycles. The number of hydrogen-bond acceptors (Lipinski definition) is 3. The Labute approximate surface area is 52.6 Å². The van der Waals surface area contributed by atoms with Crippen molar-refractivity contribution >= 4 is 0 Å². The van der Waals surface area contributed by atoms with E-state index in [4.69, 9.17) is 5.53 Å². The van der Waals surface area contributed by atoms with Crippen molar-refractivity contribution in [1.82, 2.24) is 5.01 Å². The van der Waals surface area contributed by atoms with Crippen LogP contribution in [0.4, 0.5) is 0 Å². The van der Waals surface area contributed by atoms with E-state index in [0.717, 1.165) is 0 Å². The van der Waals surface area contributed by atoms with Gasteiger partial charge in [0.1, 0.15) is 0 Å². The van der Waals surface area contributed by atoms with Crippen LogP contribution in [0.3, 0.4) is 0 Å². The normalized spacial score (nSPS) is 9.22. The Balaban J connectivity index is 3.16. The van der Waals surface area contributed by atoms with E-state index in [1.165, 1.54) is 5.01 Å². The smallest absolute Gasteiger partial charge is 0.0530 e. The lowest BCUT2D eigenvalue weighted by molar-refractivity contribution is -0.746. The molecule has 0 aromatic heterocycles. The molecule has 0 saturated heterocycles. The molecule has 0 amide bonds. The first kappa shape index (κ1) is 8.19. The van der Waals surface area contributed by atoms with Crippen LogP contribution in [0.1, 0.15) is 0 Å². The molecule has 0 spiro atoms. The summed E-state index contributed by atoms with van der Waals surface area (Å²) in [6.07, 6.45) is 0. The van der Waals surface area contributed by atoms with Gasteiger partial charge < -0.3 is 10.8 Å². The van der Waals surface area contributed by atoms with Crippen LogP contribution in [-0.2, 0) is 0 Å². The SMILES string of the molecule is CN(CCN=[N+]=[N-])[NH2+][O-]. The molecule has 0 saturated carbocycles. The van der Waals surface area contributed by atoms with Crippen molar-refractivity contribution in [2.75, 3.05) is 20.1 Å². The van der Waals surface area contributed by atoms with Gasteiger partial charge in [-0.05, 0) is 5.53 Å². The molecule has 6 heteroatoms. The van der Waals surface area contributed by atoms with Gasteiger partial charge >= 0.3 is 0 Å². The number of likely N-dealkylation sites (N-methyl/N-ethyl adjacent to an activating group) is 1. The van der Waals surface area contributed by atoms with Gasteiger partial charge in [-0.2, -0.15) is 5.01 Å². The molecule has 0 atom stereocenters. The Bertz CT molecular complexity index is 109. The maximum atomic E-state index is 9.89. The van der Waals surface area contributed by atoms with Crippen LogP contribution in [0.5, 0.6) is 0 Å². The number of nitrogens with zero attached hydrogens (tertiary/aromatic N) is 4. The fourth-order valence-corrected chi connectivity index (χ4v) is 0.300. The summed E-state index contributed by atoms with van der Waals surface area (Å²) in [7, 11) is 1.62. The quantitative estimate of drug-likeness (QED) is 0.178. The van der Waals surface area contributed by atoms with Gasteiger partial charge in [-0.25, -0.2) is 0 Å². The summed E-state index contributed by atoms with van der Waals surface area (Å²) in [5, 5.41) is 14.5. The summed E-state index contributed by atoms with van der Waals surface area (Å²) in [4.78, 5) is 2.52. The van der Waals surface area contributed by atoms with Gasteiger partial charge in [-0.1, -0.05) is 5.11 Å². The standard InChI is InChI=1S/C3H9N5O/c1-8(7-9)3-2-5-6-4/h2-3,7H2,1H3. The monoisotopic (exact) mass is 131 g/mol. The largest absolute Gasteiger partial charge is 0.614 e. The molecule has 0 unspecified atom stereocenters. The molecule has 9 heavy (non-hydrogen) atoms. The molecule has 0 rings (SSSR count). The van der Waals surface area contributed by atoms with E-state index in [1.54, 1.807) is 7.05 Å². The Morgan fingerprint density at radius 2 is 2.56 bits per heavy atom. The van der Waals surface area contributed by atoms with E-state index in [9.17, 15) is 5.21 Å². The fraction of sp³-hybridized carbons (Fsp3) is 1.00. The number of nitrogens with two attached hydrogens (primary N) is 1. The van der Waals surface area contributed by atoms with Crippen molar-refractivity contribution in [1.29, 1.82) is 0 Å². The minimum Gasteiger partial charge on any atom is -0.614 e. The molecular weight excluding hydrogens is 122 g/mol. The first-order chi connectivity index (χ1) is 4.31. The molecule has 6 nitrogen and oxygen atoms in total. The average Bonchev–Trinajstić information content (AvgIpc) is 1.89. The first-order valence-corrected chi connectivity index (χ1v) is 2.47. The molecule has 0 aliphatic carbocycles. The van der Waals surface area contributed by atoms with Gasteiger partial charge in [0, 0.05) is 18.5 Å². The zero-order valence-electron chi connectivity index (χ0n) is 5.19. The molecule has 0 aliphatic rings. The lowest BCUT2D eigenvalue weighted by atomic mass is 10.6. The zero-order valence-corrected chi connectivity index (χ0v) is 5.19. The molecule has 0 aromatic rings. The Hall–Kier alpha value is -0.810. The van der Waals surface area contributed by atoms with Crippen LogP contribution in [0.25, 0.3) is 10.4 Å². The van der Waals surface area contributed by atoms with Gasteiger partial charge in [0.05, 0.1) is 6.54 Å². The number of azide groups is 1. The van der Waals surface area contributed by atoms with Crippen LogP contribution in [-0.4, -0.2) is 25.1 Å². The van der Waals surface area contributed by atoms with Gasteiger partial charge in [0.15, 0.2) is 0 Å². The lowest BCUT2D eigenvalue weighted by Crippen LogP contribution is -2.87. The van der Waals surface area contributed by atoms with Crippen LogP contribution >= 0.6 is 0 Å². The number of hydrogen-bond donors (Lipinski definition) is 1. The zero-order chi connectivity index (χ0) is 7.11. The first-order valence-electron chi connectivity index (χ1n) is 2.47. The molecule has 0 fully saturated rings. The van der Waals surface area contributed by atoms with Crippen LogP contribution in [0.2, 0.25) is 0 Å². The minimum absolute atomic E-state index is 0.339. The second-order valence-electron chi connectivity index (χ2n) is 1.54. The second-order valence-corrected chi connectivity index (χ2v) is 1.54. The Morgan fingerprint density at radius 1 is 1.89 bits per heavy atom. The van der Waals surface area contributed by atoms with E-state index < -0.39 is 0 Å². The van der Waals surface area contributed by atoms with E-state index in [0.29, 0.717) is 18.7 Å². The maximum Gasteiger partial charge on any atom is 0.0530 e. The molecule has 0 heterocycles. The van der Waals surface area contributed by atoms with Gasteiger partial charge in [0.2, 0.25) is 0 Å². The van der Waals surface area contributed by atoms with Crippen molar-refractivity contribution in [2.45, 2.75) is 0 Å². The van der Waals surface area contributed by atoms with Crippen LogP contribution < -0.4 is 5.59 Å². The molecular formula is C3H9N5O. The van der Waals surface area contributed by atoms with Crippen molar-refractivity contribution in [2.24, 2.45) is 5.11 Å². The summed E-state index contributed by atoms with van der Waals surface area (Å²) in [5.41, 5.74) is 8.49. The van der Waals surface area contributed by atoms with E-state index in [-0.39, 0.29) is 0 Å². The summed E-state index contributed by atoms with van der Waals surface area (Å²) < 4.78 is 0. The predicted molar refractivity (Wildman–Crippen MR) is 31.9 cm³/mol. The third-order valence-corrected chi connectivity index (χ3v) is 0.796. The van der Waals surface area contributed by atoms with Gasteiger partial charge in [-0.3, -0.25) is 0 Å². The third kappa shape index (κ3) is 5.05. The highest BCUT2D eigenvalue weighted by Gasteiger charge is 1.90. The summed E-state index contributed by atoms with van der Waals surface area (Å²) in [5.74, 6) is 0. The van der Waals surface area contributed by atoms with Crippen LogP contribution in [0.15, 0.2) is 5.11 Å². The van der Waals surface area contributed by atoms with Crippen molar-refractivity contribution in [3.8, 4) is 0 Å². The highest BCUT2D eigenvalue weighted by atomic mass is 16.5. The second kappa shape index (κ2) is 5.33. The highest BCUT2D eigenvalue weighted by Crippen LogP contribution is 1.71. The molecule has 2 N–H and O–H groups in total. The van der Waals surface area contributed by atoms with Gasteiger partial charge in [0.25, 0.3) is 0 Å². The van der Waals surface area contributed by atoms with E-state index >= 15 is 0 Å². The van der Waals surface area contributed by atoms with E-state index in [2.05, 4.69) is 10.0 Å². The average molecular weight is 131 g/mol. The lowest BCUT2D eigenvalue weighted by Gasteiger charge is -2.13. The summed E-state index contributed by atoms with van der Waals surface area (Å²) in [6.45, 7) is 0.819. The minimum atomic E-state index is 0.339. The van der Waals surface area contributed by atoms with Crippen molar-refractivity contribution in [3.63, 3.8) is 0 Å². The molecule has 52 valence electrons. The molecule has 0 bridgehead atoms. The molecule has 0 radical (unpaired) electrons. The van der Waals surface area contributed by atoms with Crippen molar-refractivity contribution < 1.29 is 5.59 Å². The van der Waals surface area contributed by atoms with Crippen LogP contribution in [0, 0.1) is 5.21 Å². The van der Waals surface area contributed by atoms with E-state index in [1.807, 2.05) is 0 Å². The van der Waals surface area contributed by atoms with Gasteiger partial charge in [-0.15, -0.1) is 0 Å². The number of rotatable bonds is 4. The Kier molecular flexibility index (Phi) is 4.85. The predicted octanol–water partition coefficient (Wildman–Crippen LogP) is -0.795. The fourth-order valence-electron chi connectivity index (χ4n) is 0.300. The summed E-state index contributed by atoms with van der Waals surface area (Å²) >= 11 is 0. The topological polar surface area (TPSA) is 91.7 Å². The van der Waals surface area contributed by atoms with Crippen molar-refractivity contribution in [3.05, 3.63) is 15.7 Å².